The quantitative estimate of drug-likeness (QED) is 0.390. The minimum Gasteiger partial charge on any atom is -0.404 e. The van der Waals surface area contributed by atoms with E-state index >= 15 is 0 Å². The highest BCUT2D eigenvalue weighted by Crippen LogP contribution is 2.09. The van der Waals surface area contributed by atoms with Crippen molar-refractivity contribution in [1.29, 1.82) is 0 Å². The van der Waals surface area contributed by atoms with Gasteiger partial charge in [-0.3, -0.25) is 0 Å². The van der Waals surface area contributed by atoms with E-state index in [4.69, 9.17) is 11.5 Å². The van der Waals surface area contributed by atoms with Crippen molar-refractivity contribution in [3.05, 3.63) is 36.7 Å². The standard InChI is InChI=1S/C10H17N3/c1-4-9(8(2)3)7-13-10(12)5-6-11/h4-8H,1,11H2,2-3H3,(H2,12,13)/b6-5?,9-7+. The molecule has 0 fully saturated rings. The Balaban J connectivity index is 4.53. The fraction of sp³-hybridized carbons (Fsp3) is 0.300. The van der Waals surface area contributed by atoms with Gasteiger partial charge in [0.15, 0.2) is 0 Å². The Morgan fingerprint density at radius 1 is 1.46 bits per heavy atom. The van der Waals surface area contributed by atoms with Crippen molar-refractivity contribution in [2.75, 3.05) is 0 Å². The molecule has 0 aromatic carbocycles. The van der Waals surface area contributed by atoms with Crippen molar-refractivity contribution in [2.24, 2.45) is 22.4 Å². The van der Waals surface area contributed by atoms with E-state index in [0.29, 0.717) is 11.8 Å². The van der Waals surface area contributed by atoms with Crippen molar-refractivity contribution in [3.8, 4) is 0 Å². The summed E-state index contributed by atoms with van der Waals surface area (Å²) in [5.41, 5.74) is 11.7. The van der Waals surface area contributed by atoms with Crippen LogP contribution < -0.4 is 11.5 Å². The molecule has 0 bridgehead atoms. The molecule has 0 heterocycles. The van der Waals surface area contributed by atoms with Gasteiger partial charge < -0.3 is 11.5 Å². The van der Waals surface area contributed by atoms with Gasteiger partial charge in [0, 0.05) is 6.20 Å². The van der Waals surface area contributed by atoms with Crippen LogP contribution in [0.4, 0.5) is 0 Å². The number of nitrogens with two attached hydrogens (primary N) is 2. The summed E-state index contributed by atoms with van der Waals surface area (Å²) in [6.07, 6.45) is 6.37. The molecule has 4 N–H and O–H groups in total. The lowest BCUT2D eigenvalue weighted by Crippen LogP contribution is -2.07. The highest BCUT2D eigenvalue weighted by atomic mass is 14.8. The molecule has 0 aliphatic heterocycles. The van der Waals surface area contributed by atoms with Crippen molar-refractivity contribution < 1.29 is 0 Å². The van der Waals surface area contributed by atoms with Gasteiger partial charge in [-0.2, -0.15) is 0 Å². The number of aliphatic imine (C=N–C) groups is 1. The van der Waals surface area contributed by atoms with Gasteiger partial charge in [-0.05, 0) is 23.8 Å². The Morgan fingerprint density at radius 2 is 2.08 bits per heavy atom. The van der Waals surface area contributed by atoms with Gasteiger partial charge >= 0.3 is 0 Å². The Bertz CT molecular complexity index is 247. The first-order valence-corrected chi connectivity index (χ1v) is 4.15. The Kier molecular flexibility index (Phi) is 5.35. The molecule has 0 aromatic rings. The molecule has 0 atom stereocenters. The van der Waals surface area contributed by atoms with Gasteiger partial charge in [-0.15, -0.1) is 0 Å². The number of amidine groups is 1. The molecule has 0 aromatic heterocycles. The number of hydrogen-bond donors (Lipinski definition) is 2. The van der Waals surface area contributed by atoms with Crippen LogP contribution in [0.5, 0.6) is 0 Å². The zero-order valence-electron chi connectivity index (χ0n) is 8.20. The maximum absolute atomic E-state index is 5.49. The molecular formula is C10H17N3. The minimum absolute atomic E-state index is 0.391. The van der Waals surface area contributed by atoms with Crippen molar-refractivity contribution >= 4 is 5.84 Å². The lowest BCUT2D eigenvalue weighted by molar-refractivity contribution is 0.789. The van der Waals surface area contributed by atoms with Crippen molar-refractivity contribution in [1.82, 2.24) is 0 Å². The molecule has 3 heteroatoms. The van der Waals surface area contributed by atoms with E-state index in [9.17, 15) is 0 Å². The highest BCUT2D eigenvalue weighted by molar-refractivity contribution is 5.91. The normalized spacial score (nSPS) is 14.1. The topological polar surface area (TPSA) is 64.4 Å². The number of rotatable bonds is 4. The lowest BCUT2D eigenvalue weighted by Gasteiger charge is -2.02. The molecule has 0 aliphatic carbocycles. The second-order valence-corrected chi connectivity index (χ2v) is 2.90. The minimum atomic E-state index is 0.391. The summed E-state index contributed by atoms with van der Waals surface area (Å²) in [4.78, 5) is 4.00. The summed E-state index contributed by atoms with van der Waals surface area (Å²) in [5, 5.41) is 0. The fourth-order valence-corrected chi connectivity index (χ4v) is 0.728. The Labute approximate surface area is 79.5 Å². The molecule has 0 amide bonds. The van der Waals surface area contributed by atoms with Crippen LogP contribution in [0.25, 0.3) is 0 Å². The van der Waals surface area contributed by atoms with E-state index < -0.39 is 0 Å². The molecular weight excluding hydrogens is 162 g/mol. The SMILES string of the molecule is C=C/C(=C\N=C(N)C=CN)C(C)C. The molecule has 0 saturated carbocycles. The van der Waals surface area contributed by atoms with Crippen LogP contribution in [0.2, 0.25) is 0 Å². The summed E-state index contributed by atoms with van der Waals surface area (Å²) in [5.74, 6) is 0.790. The van der Waals surface area contributed by atoms with E-state index in [1.165, 1.54) is 12.3 Å². The summed E-state index contributed by atoms with van der Waals surface area (Å²) >= 11 is 0. The van der Waals surface area contributed by atoms with Crippen LogP contribution in [0.15, 0.2) is 41.7 Å². The number of hydrogen-bond acceptors (Lipinski definition) is 2. The average molecular weight is 179 g/mol. The second kappa shape index (κ2) is 6.06. The van der Waals surface area contributed by atoms with Crippen LogP contribution in [-0.4, -0.2) is 5.84 Å². The van der Waals surface area contributed by atoms with Crippen LogP contribution in [-0.2, 0) is 0 Å². The molecule has 72 valence electrons. The molecule has 0 rings (SSSR count). The molecule has 0 radical (unpaired) electrons. The van der Waals surface area contributed by atoms with Gasteiger partial charge in [0.25, 0.3) is 0 Å². The fourth-order valence-electron chi connectivity index (χ4n) is 0.728. The van der Waals surface area contributed by atoms with Gasteiger partial charge in [0.05, 0.1) is 0 Å². The average Bonchev–Trinajstić information content (AvgIpc) is 2.05. The third-order valence-corrected chi connectivity index (χ3v) is 1.53. The summed E-state index contributed by atoms with van der Waals surface area (Å²) < 4.78 is 0. The van der Waals surface area contributed by atoms with Crippen molar-refractivity contribution in [3.63, 3.8) is 0 Å². The molecule has 0 spiro atoms. The summed E-state index contributed by atoms with van der Waals surface area (Å²) in [6, 6.07) is 0. The van der Waals surface area contributed by atoms with E-state index in [1.807, 2.05) is 0 Å². The van der Waals surface area contributed by atoms with E-state index in [2.05, 4.69) is 25.4 Å². The first kappa shape index (κ1) is 11.5. The maximum atomic E-state index is 5.49. The first-order chi connectivity index (χ1) is 6.11. The lowest BCUT2D eigenvalue weighted by atomic mass is 10.1. The van der Waals surface area contributed by atoms with E-state index in [-0.39, 0.29) is 0 Å². The van der Waals surface area contributed by atoms with Crippen LogP contribution in [0.3, 0.4) is 0 Å². The smallest absolute Gasteiger partial charge is 0.124 e. The molecule has 0 unspecified atom stereocenters. The second-order valence-electron chi connectivity index (χ2n) is 2.90. The largest absolute Gasteiger partial charge is 0.404 e. The van der Waals surface area contributed by atoms with Gasteiger partial charge in [-0.25, -0.2) is 4.99 Å². The zero-order valence-corrected chi connectivity index (χ0v) is 8.20. The zero-order chi connectivity index (χ0) is 10.3. The first-order valence-electron chi connectivity index (χ1n) is 4.15. The monoisotopic (exact) mass is 179 g/mol. The van der Waals surface area contributed by atoms with Crippen molar-refractivity contribution in [2.45, 2.75) is 13.8 Å². The maximum Gasteiger partial charge on any atom is 0.124 e. The summed E-state index contributed by atoms with van der Waals surface area (Å²) in [6.45, 7) is 7.82. The molecule has 0 saturated heterocycles. The number of allylic oxidation sites excluding steroid dienone is 2. The Morgan fingerprint density at radius 3 is 2.46 bits per heavy atom. The molecule has 3 nitrogen and oxygen atoms in total. The predicted molar refractivity (Wildman–Crippen MR) is 58.1 cm³/mol. The highest BCUT2D eigenvalue weighted by Gasteiger charge is 1.96. The third kappa shape index (κ3) is 4.85. The van der Waals surface area contributed by atoms with Gasteiger partial charge in [0.2, 0.25) is 0 Å². The van der Waals surface area contributed by atoms with Gasteiger partial charge in [0.1, 0.15) is 5.84 Å². The third-order valence-electron chi connectivity index (χ3n) is 1.53. The Hall–Kier alpha value is -1.51. The van der Waals surface area contributed by atoms with Crippen LogP contribution >= 0.6 is 0 Å². The molecule has 0 aliphatic rings. The van der Waals surface area contributed by atoms with E-state index in [1.54, 1.807) is 12.3 Å². The van der Waals surface area contributed by atoms with Crippen LogP contribution in [0.1, 0.15) is 13.8 Å². The predicted octanol–water partition coefficient (Wildman–Crippen LogP) is 1.54. The van der Waals surface area contributed by atoms with E-state index in [0.717, 1.165) is 5.57 Å². The van der Waals surface area contributed by atoms with Gasteiger partial charge in [-0.1, -0.05) is 26.5 Å². The molecule has 13 heavy (non-hydrogen) atoms. The number of nitrogens with zero attached hydrogens (tertiary/aromatic N) is 1. The van der Waals surface area contributed by atoms with Crippen LogP contribution in [0, 0.1) is 5.92 Å². The summed E-state index contributed by atoms with van der Waals surface area (Å²) in [7, 11) is 0.